The summed E-state index contributed by atoms with van der Waals surface area (Å²) in [5.74, 6) is 0.772. The van der Waals surface area contributed by atoms with Crippen LogP contribution in [0.15, 0.2) is 35.0 Å². The minimum atomic E-state index is -3.12. The van der Waals surface area contributed by atoms with E-state index < -0.39 is 9.84 Å². The maximum atomic E-state index is 12.9. The van der Waals surface area contributed by atoms with Gasteiger partial charge in [0.25, 0.3) is 5.91 Å². The van der Waals surface area contributed by atoms with E-state index in [1.165, 1.54) is 0 Å². The standard InChI is InChI=1S/C16H20N4O4S/c1-18-7-8-20(14-11-25(22,23)10-13(14)18)16(21)15-4-3-12(24-15)9-19-6-2-5-17-19/h2-6,13-14H,7-11H2,1H3. The normalized spacial score (nSPS) is 25.9. The molecule has 25 heavy (non-hydrogen) atoms. The topological polar surface area (TPSA) is 88.7 Å². The summed E-state index contributed by atoms with van der Waals surface area (Å²) in [6.07, 6.45) is 3.50. The van der Waals surface area contributed by atoms with E-state index in [2.05, 4.69) is 5.10 Å². The second-order valence-corrected chi connectivity index (χ2v) is 8.81. The highest BCUT2D eigenvalue weighted by atomic mass is 32.2. The van der Waals surface area contributed by atoms with E-state index in [1.54, 1.807) is 27.9 Å². The third kappa shape index (κ3) is 3.09. The van der Waals surface area contributed by atoms with Gasteiger partial charge in [-0.15, -0.1) is 0 Å². The highest BCUT2D eigenvalue weighted by Gasteiger charge is 2.47. The van der Waals surface area contributed by atoms with Crippen LogP contribution in [0.25, 0.3) is 0 Å². The zero-order valence-corrected chi connectivity index (χ0v) is 14.7. The third-order valence-corrected chi connectivity index (χ3v) is 6.66. The van der Waals surface area contributed by atoms with Gasteiger partial charge in [0, 0.05) is 31.5 Å². The Morgan fingerprint density at radius 1 is 1.28 bits per heavy atom. The smallest absolute Gasteiger partial charge is 0.289 e. The van der Waals surface area contributed by atoms with E-state index in [4.69, 9.17) is 4.42 Å². The van der Waals surface area contributed by atoms with Crippen LogP contribution in [-0.4, -0.2) is 77.6 Å². The predicted molar refractivity (Wildman–Crippen MR) is 89.9 cm³/mol. The molecular weight excluding hydrogens is 344 g/mol. The van der Waals surface area contributed by atoms with Gasteiger partial charge in [0.15, 0.2) is 15.6 Å². The van der Waals surface area contributed by atoms with Crippen molar-refractivity contribution in [3.05, 3.63) is 42.1 Å². The molecule has 9 heteroatoms. The molecule has 2 aromatic heterocycles. The lowest BCUT2D eigenvalue weighted by molar-refractivity contribution is 0.0381. The monoisotopic (exact) mass is 364 g/mol. The molecule has 2 atom stereocenters. The summed E-state index contributed by atoms with van der Waals surface area (Å²) in [7, 11) is -1.21. The summed E-state index contributed by atoms with van der Waals surface area (Å²) in [5, 5.41) is 4.11. The summed E-state index contributed by atoms with van der Waals surface area (Å²) in [6, 6.07) is 4.78. The quantitative estimate of drug-likeness (QED) is 0.766. The first-order chi connectivity index (χ1) is 11.9. The molecule has 2 aliphatic rings. The Hall–Kier alpha value is -2.13. The van der Waals surface area contributed by atoms with Gasteiger partial charge in [0.2, 0.25) is 0 Å². The molecule has 2 unspecified atom stereocenters. The Bertz CT molecular complexity index is 874. The van der Waals surface area contributed by atoms with E-state index in [9.17, 15) is 13.2 Å². The number of hydrogen-bond acceptors (Lipinski definition) is 6. The summed E-state index contributed by atoms with van der Waals surface area (Å²) < 4.78 is 31.5. The summed E-state index contributed by atoms with van der Waals surface area (Å²) in [4.78, 5) is 16.6. The molecule has 0 saturated carbocycles. The molecule has 0 radical (unpaired) electrons. The van der Waals surface area contributed by atoms with Gasteiger partial charge in [-0.3, -0.25) is 14.4 Å². The fraction of sp³-hybridized carbons (Fsp3) is 0.500. The van der Waals surface area contributed by atoms with Crippen LogP contribution in [0, 0.1) is 0 Å². The van der Waals surface area contributed by atoms with Crippen LogP contribution in [0.1, 0.15) is 16.3 Å². The first-order valence-corrected chi connectivity index (χ1v) is 10.0. The Balaban J connectivity index is 1.53. The van der Waals surface area contributed by atoms with E-state index in [0.29, 0.717) is 25.4 Å². The van der Waals surface area contributed by atoms with Gasteiger partial charge in [0.1, 0.15) is 5.76 Å². The summed E-state index contributed by atoms with van der Waals surface area (Å²) >= 11 is 0. The Kier molecular flexibility index (Phi) is 3.92. The number of hydrogen-bond donors (Lipinski definition) is 0. The van der Waals surface area contributed by atoms with Crippen molar-refractivity contribution < 1.29 is 17.6 Å². The molecule has 0 aliphatic carbocycles. The molecule has 0 bridgehead atoms. The molecule has 1 amide bonds. The van der Waals surface area contributed by atoms with Crippen LogP contribution in [-0.2, 0) is 16.4 Å². The van der Waals surface area contributed by atoms with Crippen molar-refractivity contribution in [2.75, 3.05) is 31.6 Å². The molecule has 0 aromatic carbocycles. The van der Waals surface area contributed by atoms with Crippen LogP contribution in [0.2, 0.25) is 0 Å². The average molecular weight is 364 g/mol. The number of rotatable bonds is 3. The molecule has 2 fully saturated rings. The van der Waals surface area contributed by atoms with Crippen molar-refractivity contribution in [2.24, 2.45) is 0 Å². The number of nitrogens with zero attached hydrogens (tertiary/aromatic N) is 4. The van der Waals surface area contributed by atoms with Gasteiger partial charge < -0.3 is 9.32 Å². The Labute approximate surface area is 145 Å². The largest absolute Gasteiger partial charge is 0.454 e. The van der Waals surface area contributed by atoms with Gasteiger partial charge in [-0.05, 0) is 25.2 Å². The lowest BCUT2D eigenvalue weighted by atomic mass is 10.1. The number of piperazine rings is 1. The maximum absolute atomic E-state index is 12.9. The number of amides is 1. The molecule has 2 aliphatic heterocycles. The number of furan rings is 1. The van der Waals surface area contributed by atoms with Crippen LogP contribution in [0.4, 0.5) is 0 Å². The van der Waals surface area contributed by atoms with Gasteiger partial charge >= 0.3 is 0 Å². The van der Waals surface area contributed by atoms with E-state index in [1.807, 2.05) is 24.2 Å². The van der Waals surface area contributed by atoms with Crippen molar-refractivity contribution in [1.29, 1.82) is 0 Å². The molecule has 2 aromatic rings. The zero-order chi connectivity index (χ0) is 17.6. The Morgan fingerprint density at radius 2 is 2.08 bits per heavy atom. The SMILES string of the molecule is CN1CCN(C(=O)c2ccc(Cn3cccn3)o2)C2CS(=O)(=O)CC21. The summed E-state index contributed by atoms with van der Waals surface area (Å²) in [5.41, 5.74) is 0. The lowest BCUT2D eigenvalue weighted by Gasteiger charge is -2.41. The first-order valence-electron chi connectivity index (χ1n) is 8.21. The second-order valence-electron chi connectivity index (χ2n) is 6.66. The van der Waals surface area contributed by atoms with Crippen LogP contribution >= 0.6 is 0 Å². The molecule has 2 saturated heterocycles. The third-order valence-electron chi connectivity index (χ3n) is 4.96. The fourth-order valence-corrected chi connectivity index (χ4v) is 5.71. The van der Waals surface area contributed by atoms with Crippen LogP contribution < -0.4 is 0 Å². The number of sulfone groups is 1. The van der Waals surface area contributed by atoms with Gasteiger partial charge in [-0.1, -0.05) is 0 Å². The minimum Gasteiger partial charge on any atom is -0.454 e. The highest BCUT2D eigenvalue weighted by Crippen LogP contribution is 2.27. The molecule has 4 rings (SSSR count). The number of carbonyl (C=O) groups is 1. The molecule has 8 nitrogen and oxygen atoms in total. The molecular formula is C16H20N4O4S. The average Bonchev–Trinajstić information content (AvgIpc) is 3.27. The molecule has 0 N–H and O–H groups in total. The van der Waals surface area contributed by atoms with Gasteiger partial charge in [-0.25, -0.2) is 8.42 Å². The number of fused-ring (bicyclic) bond motifs is 1. The van der Waals surface area contributed by atoms with Crippen molar-refractivity contribution >= 4 is 15.7 Å². The van der Waals surface area contributed by atoms with Crippen molar-refractivity contribution in [2.45, 2.75) is 18.6 Å². The Morgan fingerprint density at radius 3 is 2.84 bits per heavy atom. The number of aromatic nitrogens is 2. The van der Waals surface area contributed by atoms with E-state index in [0.717, 1.165) is 0 Å². The van der Waals surface area contributed by atoms with Crippen molar-refractivity contribution in [1.82, 2.24) is 19.6 Å². The minimum absolute atomic E-state index is 0.0224. The molecule has 4 heterocycles. The predicted octanol–water partition coefficient (Wildman–Crippen LogP) is 0.0776. The van der Waals surface area contributed by atoms with Crippen LogP contribution in [0.5, 0.6) is 0 Å². The van der Waals surface area contributed by atoms with E-state index >= 15 is 0 Å². The highest BCUT2D eigenvalue weighted by molar-refractivity contribution is 7.91. The van der Waals surface area contributed by atoms with Gasteiger partial charge in [-0.2, -0.15) is 5.10 Å². The molecule has 0 spiro atoms. The second kappa shape index (κ2) is 5.99. The lowest BCUT2D eigenvalue weighted by Crippen LogP contribution is -2.59. The van der Waals surface area contributed by atoms with Gasteiger partial charge in [0.05, 0.1) is 24.1 Å². The first kappa shape index (κ1) is 16.3. The van der Waals surface area contributed by atoms with E-state index in [-0.39, 0.29) is 35.3 Å². The van der Waals surface area contributed by atoms with Crippen molar-refractivity contribution in [3.63, 3.8) is 0 Å². The number of carbonyl (C=O) groups excluding carboxylic acids is 1. The zero-order valence-electron chi connectivity index (χ0n) is 13.9. The molecule has 134 valence electrons. The number of likely N-dealkylation sites (N-methyl/N-ethyl adjacent to an activating group) is 1. The maximum Gasteiger partial charge on any atom is 0.289 e. The summed E-state index contributed by atoms with van der Waals surface area (Å²) in [6.45, 7) is 1.61. The van der Waals surface area contributed by atoms with Crippen LogP contribution in [0.3, 0.4) is 0 Å². The fourth-order valence-electron chi connectivity index (χ4n) is 3.65. The van der Waals surface area contributed by atoms with Crippen molar-refractivity contribution in [3.8, 4) is 0 Å².